The molecular weight excluding hydrogens is 246 g/mol. The summed E-state index contributed by atoms with van der Waals surface area (Å²) in [7, 11) is 0. The van der Waals surface area contributed by atoms with Crippen LogP contribution in [0, 0.1) is 21.7 Å². The lowest BCUT2D eigenvalue weighted by Gasteiger charge is -2.05. The first-order chi connectivity index (χ1) is 8.50. The smallest absolute Gasteiger partial charge is 0.314 e. The average Bonchev–Trinajstić information content (AvgIpc) is 2.28. The first kappa shape index (κ1) is 11.8. The average molecular weight is 252 g/mol. The SMILES string of the molecule is Nc1ncc([N+](=O)[O-])c(-c2c(F)cccc2F)n1. The van der Waals surface area contributed by atoms with Crippen LogP contribution in [0.4, 0.5) is 20.4 Å². The molecule has 0 aliphatic rings. The van der Waals surface area contributed by atoms with Crippen molar-refractivity contribution >= 4 is 11.6 Å². The minimum Gasteiger partial charge on any atom is -0.368 e. The highest BCUT2D eigenvalue weighted by molar-refractivity contribution is 5.70. The van der Waals surface area contributed by atoms with E-state index in [4.69, 9.17) is 5.73 Å². The van der Waals surface area contributed by atoms with Gasteiger partial charge in [0.25, 0.3) is 0 Å². The van der Waals surface area contributed by atoms with Gasteiger partial charge in [-0.25, -0.2) is 18.7 Å². The zero-order valence-electron chi connectivity index (χ0n) is 8.80. The maximum absolute atomic E-state index is 13.5. The maximum Gasteiger partial charge on any atom is 0.314 e. The number of halogens is 2. The quantitative estimate of drug-likeness (QED) is 0.650. The summed E-state index contributed by atoms with van der Waals surface area (Å²) in [5.41, 5.74) is 3.58. The lowest BCUT2D eigenvalue weighted by molar-refractivity contribution is -0.384. The predicted octanol–water partition coefficient (Wildman–Crippen LogP) is 1.91. The first-order valence-electron chi connectivity index (χ1n) is 4.72. The van der Waals surface area contributed by atoms with Crippen molar-refractivity contribution in [2.45, 2.75) is 0 Å². The summed E-state index contributed by atoms with van der Waals surface area (Å²) in [4.78, 5) is 16.9. The topological polar surface area (TPSA) is 94.9 Å². The Bertz CT molecular complexity index is 613. The van der Waals surface area contributed by atoms with Crippen LogP contribution >= 0.6 is 0 Å². The maximum atomic E-state index is 13.5. The third-order valence-electron chi connectivity index (χ3n) is 2.18. The molecule has 6 nitrogen and oxygen atoms in total. The molecule has 1 heterocycles. The monoisotopic (exact) mass is 252 g/mol. The zero-order chi connectivity index (χ0) is 13.3. The molecule has 0 aliphatic heterocycles. The Labute approximate surface area is 99.3 Å². The van der Waals surface area contributed by atoms with E-state index in [9.17, 15) is 18.9 Å². The van der Waals surface area contributed by atoms with E-state index in [0.29, 0.717) is 0 Å². The third-order valence-corrected chi connectivity index (χ3v) is 2.18. The fourth-order valence-electron chi connectivity index (χ4n) is 1.43. The molecule has 0 fully saturated rings. The fraction of sp³-hybridized carbons (Fsp3) is 0. The molecule has 18 heavy (non-hydrogen) atoms. The molecule has 0 saturated carbocycles. The van der Waals surface area contributed by atoms with E-state index in [1.54, 1.807) is 0 Å². The summed E-state index contributed by atoms with van der Waals surface area (Å²) in [6.45, 7) is 0. The Hall–Kier alpha value is -2.64. The van der Waals surface area contributed by atoms with Gasteiger partial charge in [0.1, 0.15) is 17.8 Å². The summed E-state index contributed by atoms with van der Waals surface area (Å²) in [6.07, 6.45) is 0.809. The number of anilines is 1. The van der Waals surface area contributed by atoms with Gasteiger partial charge in [0.2, 0.25) is 5.95 Å². The summed E-state index contributed by atoms with van der Waals surface area (Å²) in [5, 5.41) is 10.8. The predicted molar refractivity (Wildman–Crippen MR) is 58.5 cm³/mol. The van der Waals surface area contributed by atoms with Crippen LogP contribution < -0.4 is 5.73 Å². The highest BCUT2D eigenvalue weighted by Gasteiger charge is 2.23. The summed E-state index contributed by atoms with van der Waals surface area (Å²) in [6, 6.07) is 3.09. The number of rotatable bonds is 2. The van der Waals surface area contributed by atoms with Gasteiger partial charge in [0.05, 0.1) is 10.5 Å². The van der Waals surface area contributed by atoms with Crippen molar-refractivity contribution in [3.8, 4) is 11.3 Å². The van der Waals surface area contributed by atoms with Crippen LogP contribution in [-0.4, -0.2) is 14.9 Å². The normalized spacial score (nSPS) is 10.3. The summed E-state index contributed by atoms with van der Waals surface area (Å²) < 4.78 is 27.1. The van der Waals surface area contributed by atoms with Crippen LogP contribution in [0.15, 0.2) is 24.4 Å². The lowest BCUT2D eigenvalue weighted by Crippen LogP contribution is -2.03. The highest BCUT2D eigenvalue weighted by Crippen LogP contribution is 2.31. The first-order valence-corrected chi connectivity index (χ1v) is 4.72. The van der Waals surface area contributed by atoms with Gasteiger partial charge in [-0.15, -0.1) is 0 Å². The lowest BCUT2D eigenvalue weighted by atomic mass is 10.1. The second-order valence-corrected chi connectivity index (χ2v) is 3.32. The third kappa shape index (κ3) is 1.95. The van der Waals surface area contributed by atoms with Crippen molar-refractivity contribution in [1.82, 2.24) is 9.97 Å². The van der Waals surface area contributed by atoms with Crippen LogP contribution in [0.25, 0.3) is 11.3 Å². The van der Waals surface area contributed by atoms with Crippen molar-refractivity contribution in [3.05, 3.63) is 46.1 Å². The number of benzene rings is 1. The van der Waals surface area contributed by atoms with E-state index >= 15 is 0 Å². The number of hydrogen-bond donors (Lipinski definition) is 1. The van der Waals surface area contributed by atoms with Crippen molar-refractivity contribution in [2.75, 3.05) is 5.73 Å². The molecule has 0 amide bonds. The molecule has 2 rings (SSSR count). The van der Waals surface area contributed by atoms with E-state index in [0.717, 1.165) is 24.4 Å². The Morgan fingerprint density at radius 1 is 1.28 bits per heavy atom. The van der Waals surface area contributed by atoms with E-state index < -0.39 is 33.5 Å². The molecule has 92 valence electrons. The number of nitrogen functional groups attached to an aromatic ring is 1. The summed E-state index contributed by atoms with van der Waals surface area (Å²) in [5.74, 6) is -2.23. The van der Waals surface area contributed by atoms with Gasteiger partial charge in [-0.05, 0) is 12.1 Å². The molecule has 0 unspecified atom stereocenters. The largest absolute Gasteiger partial charge is 0.368 e. The molecule has 0 spiro atoms. The van der Waals surface area contributed by atoms with E-state index in [1.165, 1.54) is 0 Å². The molecular formula is C10H6F2N4O2. The van der Waals surface area contributed by atoms with E-state index in [1.807, 2.05) is 0 Å². The number of nitrogens with zero attached hydrogens (tertiary/aromatic N) is 3. The molecule has 0 radical (unpaired) electrons. The van der Waals surface area contributed by atoms with Gasteiger partial charge in [0, 0.05) is 0 Å². The molecule has 8 heteroatoms. The molecule has 0 saturated heterocycles. The molecule has 0 atom stereocenters. The Kier molecular flexibility index (Phi) is 2.84. The van der Waals surface area contributed by atoms with Gasteiger partial charge in [0.15, 0.2) is 5.69 Å². The van der Waals surface area contributed by atoms with Crippen molar-refractivity contribution in [3.63, 3.8) is 0 Å². The highest BCUT2D eigenvalue weighted by atomic mass is 19.1. The Balaban J connectivity index is 2.77. The standard InChI is InChI=1S/C10H6F2N4O2/c11-5-2-1-3-6(12)8(5)9-7(16(17)18)4-14-10(13)15-9/h1-4H,(H2,13,14,15). The molecule has 0 aliphatic carbocycles. The van der Waals surface area contributed by atoms with Gasteiger partial charge in [-0.2, -0.15) is 0 Å². The van der Waals surface area contributed by atoms with Gasteiger partial charge in [-0.1, -0.05) is 6.07 Å². The van der Waals surface area contributed by atoms with Gasteiger partial charge >= 0.3 is 5.69 Å². The molecule has 0 bridgehead atoms. The van der Waals surface area contributed by atoms with Crippen LogP contribution in [-0.2, 0) is 0 Å². The molecule has 1 aromatic carbocycles. The van der Waals surface area contributed by atoms with Crippen molar-refractivity contribution < 1.29 is 13.7 Å². The minimum atomic E-state index is -0.962. The molecule has 1 aromatic heterocycles. The molecule has 2 aromatic rings. The van der Waals surface area contributed by atoms with Crippen molar-refractivity contribution in [1.29, 1.82) is 0 Å². The number of aromatic nitrogens is 2. The Morgan fingerprint density at radius 2 is 1.89 bits per heavy atom. The van der Waals surface area contributed by atoms with Crippen LogP contribution in [0.2, 0.25) is 0 Å². The van der Waals surface area contributed by atoms with Gasteiger partial charge in [-0.3, -0.25) is 10.1 Å². The van der Waals surface area contributed by atoms with Crippen LogP contribution in [0.5, 0.6) is 0 Å². The van der Waals surface area contributed by atoms with E-state index in [2.05, 4.69) is 9.97 Å². The second-order valence-electron chi connectivity index (χ2n) is 3.32. The number of hydrogen-bond acceptors (Lipinski definition) is 5. The van der Waals surface area contributed by atoms with Crippen molar-refractivity contribution in [2.24, 2.45) is 0 Å². The Morgan fingerprint density at radius 3 is 2.44 bits per heavy atom. The zero-order valence-corrected chi connectivity index (χ0v) is 8.80. The van der Waals surface area contributed by atoms with Gasteiger partial charge < -0.3 is 5.73 Å². The molecule has 2 N–H and O–H groups in total. The number of nitrogens with two attached hydrogens (primary N) is 1. The van der Waals surface area contributed by atoms with Crippen LogP contribution in [0.1, 0.15) is 0 Å². The summed E-state index contributed by atoms with van der Waals surface area (Å²) >= 11 is 0. The second kappa shape index (κ2) is 4.32. The minimum absolute atomic E-state index is 0.307. The fourth-order valence-corrected chi connectivity index (χ4v) is 1.43. The van der Waals surface area contributed by atoms with Crippen LogP contribution in [0.3, 0.4) is 0 Å². The number of nitro groups is 1. The van der Waals surface area contributed by atoms with E-state index in [-0.39, 0.29) is 5.95 Å².